The molecule has 0 saturated carbocycles. The van der Waals surface area contributed by atoms with Gasteiger partial charge in [-0.3, -0.25) is 14.2 Å². The second-order valence-corrected chi connectivity index (χ2v) is 6.98. The van der Waals surface area contributed by atoms with Gasteiger partial charge in [0, 0.05) is 10.6 Å². The van der Waals surface area contributed by atoms with Crippen molar-refractivity contribution in [3.05, 3.63) is 73.2 Å². The van der Waals surface area contributed by atoms with Crippen molar-refractivity contribution in [2.24, 2.45) is 0 Å². The summed E-state index contributed by atoms with van der Waals surface area (Å²) in [6, 6.07) is 6.88. The van der Waals surface area contributed by atoms with Gasteiger partial charge in [-0.15, -0.1) is 0 Å². The molecule has 1 heterocycles. The third kappa shape index (κ3) is 3.32. The highest BCUT2D eigenvalue weighted by Gasteiger charge is 2.14. The maximum Gasteiger partial charge on any atom is 0.261 e. The summed E-state index contributed by atoms with van der Waals surface area (Å²) in [4.78, 5) is 29.5. The molecule has 25 heavy (non-hydrogen) atoms. The van der Waals surface area contributed by atoms with Crippen LogP contribution in [0, 0.1) is 20.8 Å². The van der Waals surface area contributed by atoms with Crippen LogP contribution in [0.2, 0.25) is 10.0 Å². The molecular weight excluding hydrogens is 359 g/mol. The van der Waals surface area contributed by atoms with E-state index in [0.717, 1.165) is 16.7 Å². The zero-order valence-electron chi connectivity index (χ0n) is 14.1. The van der Waals surface area contributed by atoms with E-state index in [2.05, 4.69) is 4.98 Å². The molecule has 2 aromatic carbocycles. The molecule has 0 bridgehead atoms. The topological polar surface area (TPSA) is 52.0 Å². The summed E-state index contributed by atoms with van der Waals surface area (Å²) >= 11 is 12.1. The summed E-state index contributed by atoms with van der Waals surface area (Å²) in [6.45, 7) is 5.76. The Morgan fingerprint density at radius 1 is 1.04 bits per heavy atom. The highest BCUT2D eigenvalue weighted by atomic mass is 35.5. The molecule has 4 nitrogen and oxygen atoms in total. The summed E-state index contributed by atoms with van der Waals surface area (Å²) < 4.78 is 1.28. The van der Waals surface area contributed by atoms with Crippen molar-refractivity contribution in [1.82, 2.24) is 9.55 Å². The number of aromatic nitrogens is 2. The molecule has 128 valence electrons. The van der Waals surface area contributed by atoms with Gasteiger partial charge in [-0.1, -0.05) is 29.3 Å². The summed E-state index contributed by atoms with van der Waals surface area (Å²) in [5.41, 5.74) is 3.70. The number of carbonyl (C=O) groups is 1. The van der Waals surface area contributed by atoms with E-state index in [1.807, 2.05) is 32.9 Å². The third-order valence-corrected chi connectivity index (χ3v) is 4.81. The SMILES string of the molecule is Cc1cc(C)c(C(=O)Cn2cnc3c(Cl)cc(Cl)cc3c2=O)cc1C. The molecule has 1 aromatic heterocycles. The average Bonchev–Trinajstić information content (AvgIpc) is 2.53. The molecule has 0 unspecified atom stereocenters. The lowest BCUT2D eigenvalue weighted by atomic mass is 9.98. The Kier molecular flexibility index (Phi) is 4.67. The first-order valence-corrected chi connectivity index (χ1v) is 8.48. The van der Waals surface area contributed by atoms with Crippen molar-refractivity contribution in [2.45, 2.75) is 27.3 Å². The van der Waals surface area contributed by atoms with Crippen molar-refractivity contribution < 1.29 is 4.79 Å². The molecule has 0 aliphatic carbocycles. The number of hydrogen-bond donors (Lipinski definition) is 0. The molecule has 0 amide bonds. The van der Waals surface area contributed by atoms with Gasteiger partial charge in [-0.05, 0) is 55.7 Å². The normalized spacial score (nSPS) is 11.1. The smallest absolute Gasteiger partial charge is 0.261 e. The van der Waals surface area contributed by atoms with Gasteiger partial charge in [0.1, 0.15) is 0 Å². The lowest BCUT2D eigenvalue weighted by Crippen LogP contribution is -2.25. The second-order valence-electron chi connectivity index (χ2n) is 6.14. The Balaban J connectivity index is 2.04. The molecule has 0 radical (unpaired) electrons. The fraction of sp³-hybridized carbons (Fsp3) is 0.211. The van der Waals surface area contributed by atoms with Crippen LogP contribution in [0.1, 0.15) is 27.0 Å². The van der Waals surface area contributed by atoms with Gasteiger partial charge in [-0.25, -0.2) is 4.98 Å². The molecule has 3 rings (SSSR count). The van der Waals surface area contributed by atoms with Crippen LogP contribution in [0.3, 0.4) is 0 Å². The Morgan fingerprint density at radius 2 is 1.72 bits per heavy atom. The summed E-state index contributed by atoms with van der Waals surface area (Å²) in [5, 5.41) is 0.957. The molecule has 0 fully saturated rings. The number of fused-ring (bicyclic) bond motifs is 1. The summed E-state index contributed by atoms with van der Waals surface area (Å²) in [6.07, 6.45) is 1.35. The highest BCUT2D eigenvalue weighted by Crippen LogP contribution is 2.24. The number of rotatable bonds is 3. The zero-order valence-corrected chi connectivity index (χ0v) is 15.6. The first kappa shape index (κ1) is 17.6. The average molecular weight is 375 g/mol. The van der Waals surface area contributed by atoms with Crippen LogP contribution in [-0.2, 0) is 6.54 Å². The van der Waals surface area contributed by atoms with Crippen molar-refractivity contribution in [3.63, 3.8) is 0 Å². The monoisotopic (exact) mass is 374 g/mol. The van der Waals surface area contributed by atoms with Crippen LogP contribution < -0.4 is 5.56 Å². The molecular formula is C19H16Cl2N2O2. The molecule has 0 aliphatic heterocycles. The van der Waals surface area contributed by atoms with Gasteiger partial charge >= 0.3 is 0 Å². The fourth-order valence-corrected chi connectivity index (χ4v) is 3.35. The maximum absolute atomic E-state index is 12.7. The van der Waals surface area contributed by atoms with E-state index in [4.69, 9.17) is 23.2 Å². The van der Waals surface area contributed by atoms with E-state index in [-0.39, 0.29) is 17.9 Å². The zero-order chi connectivity index (χ0) is 18.3. The summed E-state index contributed by atoms with van der Waals surface area (Å²) in [5.74, 6) is -0.142. The van der Waals surface area contributed by atoms with Crippen LogP contribution in [0.15, 0.2) is 35.4 Å². The standard InChI is InChI=1S/C19H16Cl2N2O2/c1-10-4-12(3)14(5-11(10)2)17(24)8-23-9-22-18-15(19(23)25)6-13(20)7-16(18)21/h4-7,9H,8H2,1-3H3. The Morgan fingerprint density at radius 3 is 2.44 bits per heavy atom. The molecule has 6 heteroatoms. The van der Waals surface area contributed by atoms with Crippen molar-refractivity contribution >= 4 is 39.9 Å². The van der Waals surface area contributed by atoms with Crippen LogP contribution in [0.25, 0.3) is 10.9 Å². The van der Waals surface area contributed by atoms with Crippen LogP contribution in [-0.4, -0.2) is 15.3 Å². The number of halogens is 2. The number of benzene rings is 2. The Labute approximate surface area is 155 Å². The minimum atomic E-state index is -0.343. The lowest BCUT2D eigenvalue weighted by Gasteiger charge is -2.11. The van der Waals surface area contributed by atoms with Crippen molar-refractivity contribution in [2.75, 3.05) is 0 Å². The van der Waals surface area contributed by atoms with E-state index in [9.17, 15) is 9.59 Å². The van der Waals surface area contributed by atoms with Crippen molar-refractivity contribution in [1.29, 1.82) is 0 Å². The second kappa shape index (κ2) is 6.62. The van der Waals surface area contributed by atoms with Gasteiger partial charge in [0.2, 0.25) is 0 Å². The molecule has 0 spiro atoms. The van der Waals surface area contributed by atoms with E-state index >= 15 is 0 Å². The van der Waals surface area contributed by atoms with Crippen LogP contribution in [0.5, 0.6) is 0 Å². The van der Waals surface area contributed by atoms with E-state index in [0.29, 0.717) is 26.5 Å². The van der Waals surface area contributed by atoms with Gasteiger partial charge in [-0.2, -0.15) is 0 Å². The molecule has 0 atom stereocenters. The Bertz CT molecular complexity index is 1070. The highest BCUT2D eigenvalue weighted by molar-refractivity contribution is 6.38. The lowest BCUT2D eigenvalue weighted by molar-refractivity contribution is 0.0970. The van der Waals surface area contributed by atoms with Gasteiger partial charge < -0.3 is 0 Å². The number of ketones is 1. The predicted octanol–water partition coefficient (Wildman–Crippen LogP) is 4.51. The summed E-state index contributed by atoms with van der Waals surface area (Å²) in [7, 11) is 0. The minimum Gasteiger partial charge on any atom is -0.292 e. The largest absolute Gasteiger partial charge is 0.292 e. The van der Waals surface area contributed by atoms with Gasteiger partial charge in [0.15, 0.2) is 5.78 Å². The molecule has 0 N–H and O–H groups in total. The number of nitrogens with zero attached hydrogens (tertiary/aromatic N) is 2. The Hall–Kier alpha value is -2.17. The van der Waals surface area contributed by atoms with Gasteiger partial charge in [0.05, 0.1) is 28.8 Å². The molecule has 3 aromatic rings. The predicted molar refractivity (Wildman–Crippen MR) is 101 cm³/mol. The first-order chi connectivity index (χ1) is 11.8. The maximum atomic E-state index is 12.7. The number of hydrogen-bond acceptors (Lipinski definition) is 3. The molecule has 0 aliphatic rings. The molecule has 0 saturated heterocycles. The van der Waals surface area contributed by atoms with Crippen LogP contribution in [0.4, 0.5) is 0 Å². The number of carbonyl (C=O) groups excluding carboxylic acids is 1. The van der Waals surface area contributed by atoms with Crippen LogP contribution >= 0.6 is 23.2 Å². The van der Waals surface area contributed by atoms with E-state index < -0.39 is 0 Å². The quantitative estimate of drug-likeness (QED) is 0.633. The first-order valence-electron chi connectivity index (χ1n) is 7.73. The fourth-order valence-electron chi connectivity index (χ4n) is 2.81. The third-order valence-electron chi connectivity index (χ3n) is 4.30. The van der Waals surface area contributed by atoms with E-state index in [1.54, 1.807) is 0 Å². The van der Waals surface area contributed by atoms with E-state index in [1.165, 1.54) is 23.0 Å². The van der Waals surface area contributed by atoms with Gasteiger partial charge in [0.25, 0.3) is 5.56 Å². The number of Topliss-reactive ketones (excluding diaryl/α,β-unsaturated/α-hetero) is 1. The minimum absolute atomic E-state index is 0.0880. The van der Waals surface area contributed by atoms with Crippen molar-refractivity contribution in [3.8, 4) is 0 Å². The number of aryl methyl sites for hydroxylation is 3.